The van der Waals surface area contributed by atoms with Gasteiger partial charge in [-0.15, -0.1) is 23.2 Å². The van der Waals surface area contributed by atoms with Crippen molar-refractivity contribution >= 4 is 75.6 Å². The zero-order valence-corrected chi connectivity index (χ0v) is 20.6. The van der Waals surface area contributed by atoms with Crippen LogP contribution in [0.1, 0.15) is 39.5 Å². The second-order valence-corrected chi connectivity index (χ2v) is 12.8. The molecular weight excluding hydrogens is 497 g/mol. The zero-order chi connectivity index (χ0) is 21.1. The van der Waals surface area contributed by atoms with Crippen molar-refractivity contribution in [1.29, 1.82) is 0 Å². The van der Waals surface area contributed by atoms with Crippen LogP contribution in [0.15, 0.2) is 22.2 Å². The number of carbonyl (C=O) groups is 1. The Balaban J connectivity index is 1.51. The smallest absolute Gasteiger partial charge is 0.303 e. The van der Waals surface area contributed by atoms with E-state index < -0.39 is 19.7 Å². The van der Waals surface area contributed by atoms with E-state index in [1.807, 2.05) is 0 Å². The monoisotopic (exact) mass is 516 g/mol. The number of hydrogen-bond acceptors (Lipinski definition) is 2. The standard InChI is InChI=1S/C21H22Cl6O2/c1-9(28)29-18(2)12-7-8-13(18)11-4-6-15-14(5-3-10(11)12)19(24)16(22)17(23)20(15,25)21(19,26)27/h7-8,10-15H,3-6H2,1-2H3/t10-,11+,12-,13+,14-,15+,18?,19-,20+. The molecule has 160 valence electrons. The van der Waals surface area contributed by atoms with E-state index in [0.29, 0.717) is 11.8 Å². The third-order valence-electron chi connectivity index (χ3n) is 8.56. The van der Waals surface area contributed by atoms with Crippen molar-refractivity contribution in [2.45, 2.75) is 59.2 Å². The number of hydrogen-bond donors (Lipinski definition) is 0. The third-order valence-corrected chi connectivity index (χ3v) is 12.9. The number of rotatable bonds is 1. The van der Waals surface area contributed by atoms with Gasteiger partial charge in [-0.3, -0.25) is 4.79 Å². The molecule has 5 rings (SSSR count). The quantitative estimate of drug-likeness (QED) is 0.212. The first-order valence-electron chi connectivity index (χ1n) is 10.1. The van der Waals surface area contributed by atoms with Crippen LogP contribution in [-0.4, -0.2) is 25.7 Å². The van der Waals surface area contributed by atoms with Gasteiger partial charge in [0.25, 0.3) is 0 Å². The van der Waals surface area contributed by atoms with Gasteiger partial charge in [-0.05, 0) is 56.3 Å². The number of allylic oxidation sites excluding steroid dienone is 2. The SMILES string of the molecule is CC(=O)OC1(C)[C@@H]2C=C[C@H]1[C@H]1CC[C@H]3[C@@H](CC[C@H]12)[C@@]1(Cl)C(Cl)=C(Cl)[C@]3(Cl)C1(Cl)Cl. The second kappa shape index (κ2) is 6.39. The van der Waals surface area contributed by atoms with Gasteiger partial charge in [0, 0.05) is 18.8 Å². The van der Waals surface area contributed by atoms with Crippen LogP contribution in [0.25, 0.3) is 0 Å². The highest BCUT2D eigenvalue weighted by Crippen LogP contribution is 2.78. The molecule has 29 heavy (non-hydrogen) atoms. The fourth-order valence-electron chi connectivity index (χ4n) is 7.49. The van der Waals surface area contributed by atoms with Gasteiger partial charge in [-0.25, -0.2) is 0 Å². The van der Waals surface area contributed by atoms with Crippen molar-refractivity contribution in [3.63, 3.8) is 0 Å². The first-order valence-corrected chi connectivity index (χ1v) is 12.4. The predicted molar refractivity (Wildman–Crippen MR) is 119 cm³/mol. The molecule has 0 aromatic heterocycles. The van der Waals surface area contributed by atoms with Gasteiger partial charge in [0.1, 0.15) is 15.3 Å². The molecule has 1 unspecified atom stereocenters. The summed E-state index contributed by atoms with van der Waals surface area (Å²) < 4.78 is 4.41. The zero-order valence-electron chi connectivity index (χ0n) is 16.0. The molecule has 0 aliphatic heterocycles. The summed E-state index contributed by atoms with van der Waals surface area (Å²) in [7, 11) is 0. The summed E-state index contributed by atoms with van der Waals surface area (Å²) in [6, 6.07) is 0. The summed E-state index contributed by atoms with van der Waals surface area (Å²) in [6.07, 6.45) is 7.93. The van der Waals surface area contributed by atoms with Crippen LogP contribution in [0.4, 0.5) is 0 Å². The Morgan fingerprint density at radius 2 is 1.31 bits per heavy atom. The molecule has 0 heterocycles. The number of ether oxygens (including phenoxy) is 1. The molecule has 0 saturated heterocycles. The maximum atomic E-state index is 11.8. The van der Waals surface area contributed by atoms with Crippen LogP contribution in [0, 0.1) is 35.5 Å². The van der Waals surface area contributed by atoms with Crippen molar-refractivity contribution in [2.75, 3.05) is 0 Å². The van der Waals surface area contributed by atoms with E-state index in [9.17, 15) is 4.79 Å². The van der Waals surface area contributed by atoms with Crippen LogP contribution in [0.5, 0.6) is 0 Å². The Bertz CT molecular complexity index is 798. The van der Waals surface area contributed by atoms with Gasteiger partial charge < -0.3 is 4.74 Å². The molecule has 5 aliphatic carbocycles. The molecule has 5 aliphatic rings. The second-order valence-electron chi connectivity index (χ2n) is 9.54. The average molecular weight is 519 g/mol. The molecule has 0 aromatic rings. The fraction of sp³-hybridized carbons (Fsp3) is 0.762. The number of carbonyl (C=O) groups excluding carboxylic acids is 1. The van der Waals surface area contributed by atoms with Crippen LogP contribution in [0.2, 0.25) is 0 Å². The molecule has 0 radical (unpaired) electrons. The lowest BCUT2D eigenvalue weighted by atomic mass is 9.68. The summed E-state index contributed by atoms with van der Waals surface area (Å²) >= 11 is 40.8. The van der Waals surface area contributed by atoms with Gasteiger partial charge >= 0.3 is 5.97 Å². The third kappa shape index (κ3) is 2.28. The Labute approximate surface area is 201 Å². The number of fused-ring (bicyclic) bond motifs is 10. The van der Waals surface area contributed by atoms with Gasteiger partial charge in [-0.1, -0.05) is 58.6 Å². The van der Waals surface area contributed by atoms with Gasteiger partial charge in [0.05, 0.1) is 10.1 Å². The summed E-state index contributed by atoms with van der Waals surface area (Å²) in [5, 5.41) is 0.577. The minimum absolute atomic E-state index is 0.0595. The highest BCUT2D eigenvalue weighted by molar-refractivity contribution is 6.65. The van der Waals surface area contributed by atoms with Crippen molar-refractivity contribution in [1.82, 2.24) is 0 Å². The molecule has 3 fully saturated rings. The predicted octanol–water partition coefficient (Wildman–Crippen LogP) is 7.01. The lowest BCUT2D eigenvalue weighted by molar-refractivity contribution is -0.160. The average Bonchev–Trinajstić information content (AvgIpc) is 3.11. The largest absolute Gasteiger partial charge is 0.458 e. The fourth-order valence-corrected chi connectivity index (χ4v) is 10.6. The molecule has 3 saturated carbocycles. The summed E-state index contributed by atoms with van der Waals surface area (Å²) in [4.78, 5) is 9.44. The highest BCUT2D eigenvalue weighted by atomic mass is 35.5. The molecule has 9 atom stereocenters. The first kappa shape index (κ1) is 21.5. The number of esters is 1. The normalized spacial score (nSPS) is 54.2. The topological polar surface area (TPSA) is 26.3 Å². The minimum atomic E-state index is -1.46. The first-order chi connectivity index (χ1) is 13.4. The molecule has 4 bridgehead atoms. The molecule has 8 heteroatoms. The van der Waals surface area contributed by atoms with Crippen LogP contribution >= 0.6 is 69.6 Å². The van der Waals surface area contributed by atoms with Crippen molar-refractivity contribution in [3.8, 4) is 0 Å². The highest BCUT2D eigenvalue weighted by Gasteiger charge is 2.82. The Hall–Kier alpha value is 0.690. The van der Waals surface area contributed by atoms with Crippen molar-refractivity contribution < 1.29 is 9.53 Å². The van der Waals surface area contributed by atoms with E-state index in [1.54, 1.807) is 0 Å². The maximum Gasteiger partial charge on any atom is 0.303 e. The van der Waals surface area contributed by atoms with E-state index in [-0.39, 0.29) is 39.7 Å². The Morgan fingerprint density at radius 3 is 1.69 bits per heavy atom. The Kier molecular flexibility index (Phi) is 4.74. The summed E-state index contributed by atoms with van der Waals surface area (Å²) in [5.41, 5.74) is -0.479. The maximum absolute atomic E-state index is 11.8. The number of alkyl halides is 4. The lowest BCUT2D eigenvalue weighted by Crippen LogP contribution is -2.44. The van der Waals surface area contributed by atoms with Crippen molar-refractivity contribution in [3.05, 3.63) is 22.2 Å². The molecule has 0 spiro atoms. The molecule has 2 nitrogen and oxygen atoms in total. The van der Waals surface area contributed by atoms with Crippen LogP contribution < -0.4 is 0 Å². The van der Waals surface area contributed by atoms with E-state index >= 15 is 0 Å². The summed E-state index contributed by atoms with van der Waals surface area (Å²) in [5.74, 6) is 0.898. The van der Waals surface area contributed by atoms with Crippen molar-refractivity contribution in [2.24, 2.45) is 35.5 Å². The number of halogens is 6. The molecule has 0 aromatic carbocycles. The molecule has 0 amide bonds. The molecule has 0 N–H and O–H groups in total. The molecular formula is C21H22Cl6O2. The van der Waals surface area contributed by atoms with Gasteiger partial charge in [0.15, 0.2) is 4.33 Å². The van der Waals surface area contributed by atoms with Gasteiger partial charge in [-0.2, -0.15) is 0 Å². The van der Waals surface area contributed by atoms with E-state index in [2.05, 4.69) is 19.1 Å². The minimum Gasteiger partial charge on any atom is -0.458 e. The lowest BCUT2D eigenvalue weighted by Gasteiger charge is -2.41. The summed E-state index contributed by atoms with van der Waals surface area (Å²) in [6.45, 7) is 3.56. The van der Waals surface area contributed by atoms with E-state index in [0.717, 1.165) is 25.7 Å². The van der Waals surface area contributed by atoms with E-state index in [4.69, 9.17) is 74.3 Å². The Morgan fingerprint density at radius 1 is 0.897 bits per heavy atom. The van der Waals surface area contributed by atoms with Crippen LogP contribution in [0.3, 0.4) is 0 Å². The van der Waals surface area contributed by atoms with E-state index in [1.165, 1.54) is 6.92 Å². The van der Waals surface area contributed by atoms with Gasteiger partial charge in [0.2, 0.25) is 0 Å². The van der Waals surface area contributed by atoms with Crippen LogP contribution in [-0.2, 0) is 9.53 Å².